The normalized spacial score (nSPS) is 12.5. The summed E-state index contributed by atoms with van der Waals surface area (Å²) in [6.07, 6.45) is -3.78. The van der Waals surface area contributed by atoms with Crippen LogP contribution in [0.15, 0.2) is 152 Å². The summed E-state index contributed by atoms with van der Waals surface area (Å²) in [4.78, 5) is 149. The van der Waals surface area contributed by atoms with Crippen molar-refractivity contribution in [1.82, 2.24) is 31.9 Å². The Balaban J connectivity index is 1.34. The van der Waals surface area contributed by atoms with Crippen molar-refractivity contribution in [3.8, 4) is 0 Å². The number of carbonyl (C=O) groups excluding carboxylic acids is 11. The second-order valence-electron chi connectivity index (χ2n) is 23.2. The minimum Gasteiger partial charge on any atom is -0.461 e. The van der Waals surface area contributed by atoms with Gasteiger partial charge in [0.25, 0.3) is 0 Å². The topological polar surface area (TPSA) is 334 Å². The fraction of sp³-hybridized carbons (Fsp3) is 0.423. The van der Waals surface area contributed by atoms with Crippen molar-refractivity contribution in [2.24, 2.45) is 0 Å². The molecule has 0 aromatic heterocycles. The zero-order valence-corrected chi connectivity index (χ0v) is 54.7. The number of ether oxygens (including phenoxy) is 8. The average Bonchev–Trinajstić information content (AvgIpc) is 1.10. The van der Waals surface area contributed by atoms with E-state index in [1.54, 1.807) is 161 Å². The zero-order valence-electron chi connectivity index (χ0n) is 54.7. The van der Waals surface area contributed by atoms with Gasteiger partial charge in [0.15, 0.2) is 0 Å². The maximum Gasteiger partial charge on any atom is 0.407 e. The molecular weight excluding hydrogens is 1240 g/mol. The molecule has 6 N–H and O–H groups in total. The van der Waals surface area contributed by atoms with Gasteiger partial charge in [-0.2, -0.15) is 0 Å². The molecule has 0 aliphatic carbocycles. The Morgan fingerprint density at radius 1 is 0.365 bits per heavy atom. The summed E-state index contributed by atoms with van der Waals surface area (Å²) in [5.41, 5.74) is 2.77. The predicted octanol–water partition coefficient (Wildman–Crippen LogP) is 6.61. The highest BCUT2D eigenvalue weighted by molar-refractivity contribution is 5.95. The maximum atomic E-state index is 14.7. The van der Waals surface area contributed by atoms with Crippen molar-refractivity contribution in [1.29, 1.82) is 0 Å². The fourth-order valence-corrected chi connectivity index (χ4v) is 8.91. The van der Waals surface area contributed by atoms with Crippen LogP contribution in [0.5, 0.6) is 0 Å². The molecule has 0 saturated carbocycles. The van der Waals surface area contributed by atoms with E-state index in [1.165, 1.54) is 0 Å². The van der Waals surface area contributed by atoms with Crippen LogP contribution in [0, 0.1) is 0 Å². The van der Waals surface area contributed by atoms with E-state index in [0.717, 1.165) is 5.56 Å². The third kappa shape index (κ3) is 33.2. The first-order valence-corrected chi connectivity index (χ1v) is 31.8. The average molecular weight is 1330 g/mol. The summed E-state index contributed by atoms with van der Waals surface area (Å²) in [7, 11) is 0. The van der Waals surface area contributed by atoms with E-state index in [4.69, 9.17) is 37.9 Å². The number of hydrogen-bond donors (Lipinski definition) is 6. The minimum absolute atomic E-state index is 0.0207. The van der Waals surface area contributed by atoms with Crippen LogP contribution in [-0.2, 0) is 119 Å². The van der Waals surface area contributed by atoms with Crippen molar-refractivity contribution in [3.05, 3.63) is 179 Å². The van der Waals surface area contributed by atoms with E-state index in [9.17, 15) is 52.7 Å². The molecule has 5 aromatic rings. The number of rotatable bonds is 42. The largest absolute Gasteiger partial charge is 0.461 e. The molecule has 0 fully saturated rings. The van der Waals surface area contributed by atoms with Gasteiger partial charge in [0.05, 0.1) is 19.8 Å². The number of benzene rings is 5. The Morgan fingerprint density at radius 2 is 0.698 bits per heavy atom. The molecule has 25 heteroatoms. The molecule has 0 radical (unpaired) electrons. The summed E-state index contributed by atoms with van der Waals surface area (Å²) in [5, 5.41) is 15.7. The van der Waals surface area contributed by atoms with E-state index in [1.807, 2.05) is 18.2 Å². The summed E-state index contributed by atoms with van der Waals surface area (Å²) in [5.74, 6) is -8.07. The van der Waals surface area contributed by atoms with Gasteiger partial charge in [0, 0.05) is 44.7 Å². The fourth-order valence-electron chi connectivity index (χ4n) is 8.91. The van der Waals surface area contributed by atoms with Crippen molar-refractivity contribution in [2.75, 3.05) is 33.0 Å². The van der Waals surface area contributed by atoms with Gasteiger partial charge in [-0.25, -0.2) is 9.59 Å². The van der Waals surface area contributed by atoms with Gasteiger partial charge in [-0.05, 0) is 87.6 Å². The lowest BCUT2D eigenvalue weighted by molar-refractivity contribution is -0.151. The molecule has 0 aliphatic rings. The van der Waals surface area contributed by atoms with Crippen molar-refractivity contribution in [2.45, 2.75) is 161 Å². The highest BCUT2D eigenvalue weighted by atomic mass is 16.6. The first-order valence-electron chi connectivity index (χ1n) is 31.8. The lowest BCUT2D eigenvalue weighted by Crippen LogP contribution is -2.56. The standard InChI is InChI=1S/C71H88N6O19/c1-50(30-36-62(80)91-44-51-20-10-5-11-21-51)73-66(84)57(32-37-63(81)92-45-52-22-12-6-13-23-52)74-60(78)35-31-56(75-61(79)49-90-43-42-89-41-40-72-70(88)96-71(2,3)4)67(85)76-58(33-38-64(82)93-46-53-24-14-7-15-25-53)68(86)77-59(69(87)95-48-55-28-18-9-19-29-55)34-39-65(83)94-47-54-26-16-8-17-27-54/h5-29,50,56-59H,30-49H2,1-4H3,(H,72,88)(H,73,84)(H,74,78)(H,75,79)(H,76,85)(H,77,86). The van der Waals surface area contributed by atoms with E-state index in [2.05, 4.69) is 31.9 Å². The zero-order chi connectivity index (χ0) is 69.3. The number of carbonyl (C=O) groups is 11. The molecule has 96 heavy (non-hydrogen) atoms. The predicted molar refractivity (Wildman–Crippen MR) is 349 cm³/mol. The number of alkyl carbamates (subject to hydrolysis) is 1. The van der Waals surface area contributed by atoms with Gasteiger partial charge in [0.1, 0.15) is 69.4 Å². The number of esters is 5. The molecule has 5 atom stereocenters. The molecule has 25 nitrogen and oxygen atoms in total. The number of amides is 6. The highest BCUT2D eigenvalue weighted by Gasteiger charge is 2.33. The lowest BCUT2D eigenvalue weighted by atomic mass is 10.0. The molecule has 5 unspecified atom stereocenters. The van der Waals surface area contributed by atoms with Gasteiger partial charge in [-0.15, -0.1) is 0 Å². The Hall–Kier alpha value is -10.0. The molecule has 0 heterocycles. The lowest BCUT2D eigenvalue weighted by Gasteiger charge is -2.25. The number of hydrogen-bond acceptors (Lipinski definition) is 19. The molecular formula is C71H88N6O19. The van der Waals surface area contributed by atoms with Crippen LogP contribution in [0.2, 0.25) is 0 Å². The molecule has 5 aromatic carbocycles. The molecule has 516 valence electrons. The summed E-state index contributed by atoms with van der Waals surface area (Å²) in [6, 6.07) is 37.4. The summed E-state index contributed by atoms with van der Waals surface area (Å²) in [6.45, 7) is 5.78. The Bertz CT molecular complexity index is 3230. The Morgan fingerprint density at radius 3 is 1.11 bits per heavy atom. The molecule has 0 aliphatic heterocycles. The van der Waals surface area contributed by atoms with E-state index in [-0.39, 0.29) is 97.9 Å². The van der Waals surface area contributed by atoms with Crippen molar-refractivity contribution in [3.63, 3.8) is 0 Å². The van der Waals surface area contributed by atoms with Gasteiger partial charge >= 0.3 is 35.9 Å². The van der Waals surface area contributed by atoms with E-state index < -0.39 is 134 Å². The van der Waals surface area contributed by atoms with Crippen LogP contribution in [-0.4, -0.2) is 134 Å². The Labute approximate surface area is 559 Å². The molecule has 5 rings (SSSR count). The van der Waals surface area contributed by atoms with E-state index in [0.29, 0.717) is 22.3 Å². The van der Waals surface area contributed by atoms with Crippen LogP contribution in [0.4, 0.5) is 4.79 Å². The Kier molecular flexibility index (Phi) is 34.4. The third-order valence-corrected chi connectivity index (χ3v) is 14.0. The smallest absolute Gasteiger partial charge is 0.407 e. The number of nitrogens with one attached hydrogen (secondary N) is 6. The summed E-state index contributed by atoms with van der Waals surface area (Å²) < 4.78 is 43.6. The van der Waals surface area contributed by atoms with Crippen LogP contribution < -0.4 is 31.9 Å². The monoisotopic (exact) mass is 1330 g/mol. The first-order chi connectivity index (χ1) is 46.2. The maximum absolute atomic E-state index is 14.7. The van der Waals surface area contributed by atoms with Crippen LogP contribution in [0.25, 0.3) is 0 Å². The molecule has 0 spiro atoms. The van der Waals surface area contributed by atoms with E-state index >= 15 is 0 Å². The second-order valence-corrected chi connectivity index (χ2v) is 23.2. The van der Waals surface area contributed by atoms with Crippen molar-refractivity contribution >= 4 is 65.5 Å². The quantitative estimate of drug-likeness (QED) is 0.0136. The highest BCUT2D eigenvalue weighted by Crippen LogP contribution is 2.14. The molecule has 0 bridgehead atoms. The van der Waals surface area contributed by atoms with Gasteiger partial charge < -0.3 is 69.8 Å². The summed E-state index contributed by atoms with van der Waals surface area (Å²) >= 11 is 0. The van der Waals surface area contributed by atoms with Gasteiger partial charge in [0.2, 0.25) is 29.5 Å². The molecule has 0 saturated heterocycles. The van der Waals surface area contributed by atoms with Crippen molar-refractivity contribution < 1.29 is 90.6 Å². The van der Waals surface area contributed by atoms with Crippen LogP contribution >= 0.6 is 0 Å². The molecule has 6 amide bonds. The third-order valence-electron chi connectivity index (χ3n) is 14.0. The second kappa shape index (κ2) is 43.1. The van der Waals surface area contributed by atoms with Crippen LogP contribution in [0.3, 0.4) is 0 Å². The van der Waals surface area contributed by atoms with Gasteiger partial charge in [-0.1, -0.05) is 152 Å². The first kappa shape index (κ1) is 76.7. The van der Waals surface area contributed by atoms with Crippen LogP contribution in [0.1, 0.15) is 120 Å². The minimum atomic E-state index is -1.66. The SMILES string of the molecule is CC(CCC(=O)OCc1ccccc1)NC(=O)C(CCC(=O)OCc1ccccc1)NC(=O)CCC(NC(=O)COCCOCCNC(=O)OC(C)(C)C)C(=O)NC(CCC(=O)OCc1ccccc1)C(=O)NC(CCC(=O)OCc1ccccc1)C(=O)OCc1ccccc1. The van der Waals surface area contributed by atoms with Gasteiger partial charge in [-0.3, -0.25) is 43.2 Å².